The average molecular weight is 190 g/mol. The molecule has 0 aliphatic carbocycles. The summed E-state index contributed by atoms with van der Waals surface area (Å²) < 4.78 is 0. The molecule has 0 bridgehead atoms. The average Bonchev–Trinajstić information content (AvgIpc) is 2.18. The Morgan fingerprint density at radius 3 is 2.69 bits per heavy atom. The maximum absolute atomic E-state index is 3.85. The molecule has 13 heavy (non-hydrogen) atoms. The fourth-order valence-corrected chi connectivity index (χ4v) is 1.94. The van der Waals surface area contributed by atoms with Crippen LogP contribution in [0, 0.1) is 0 Å². The van der Waals surface area contributed by atoms with Crippen LogP contribution in [0.5, 0.6) is 0 Å². The number of fused-ring (bicyclic) bond motifs is 1. The molecule has 2 aromatic rings. The van der Waals surface area contributed by atoms with Crippen molar-refractivity contribution >= 4 is 22.5 Å². The Kier molecular flexibility index (Phi) is 2.45. The Morgan fingerprint density at radius 1 is 1.15 bits per heavy atom. The minimum atomic E-state index is 1.10. The zero-order valence-corrected chi connectivity index (χ0v) is 8.21. The lowest BCUT2D eigenvalue weighted by molar-refractivity contribution is 1.05. The first-order chi connectivity index (χ1) is 6.40. The van der Waals surface area contributed by atoms with Crippen LogP contribution >= 0.6 is 11.8 Å². The van der Waals surface area contributed by atoms with Gasteiger partial charge in [0.15, 0.2) is 0 Å². The zero-order valence-electron chi connectivity index (χ0n) is 7.40. The molecule has 3 heteroatoms. The van der Waals surface area contributed by atoms with E-state index in [9.17, 15) is 0 Å². The minimum Gasteiger partial charge on any atom is -0.158 e. The van der Waals surface area contributed by atoms with Gasteiger partial charge in [0.05, 0.1) is 12.4 Å². The Morgan fingerprint density at radius 2 is 1.92 bits per heavy atom. The van der Waals surface area contributed by atoms with Crippen molar-refractivity contribution in [2.75, 3.05) is 5.75 Å². The van der Waals surface area contributed by atoms with Crippen molar-refractivity contribution < 1.29 is 0 Å². The number of benzene rings is 1. The molecule has 0 unspecified atom stereocenters. The van der Waals surface area contributed by atoms with Gasteiger partial charge < -0.3 is 0 Å². The van der Waals surface area contributed by atoms with E-state index in [1.165, 1.54) is 4.90 Å². The molecule has 0 atom stereocenters. The normalized spacial score (nSPS) is 10.5. The lowest BCUT2D eigenvalue weighted by Crippen LogP contribution is -1.81. The Balaban J connectivity index is 2.49. The van der Waals surface area contributed by atoms with Crippen LogP contribution in [0.15, 0.2) is 35.5 Å². The number of rotatable bonds is 2. The van der Waals surface area contributed by atoms with Crippen molar-refractivity contribution in [2.45, 2.75) is 11.8 Å². The first-order valence-corrected chi connectivity index (χ1v) is 5.22. The number of hydrogen-bond acceptors (Lipinski definition) is 3. The molecule has 0 saturated carbocycles. The molecule has 0 N–H and O–H groups in total. The van der Waals surface area contributed by atoms with Gasteiger partial charge in [-0.2, -0.15) is 10.2 Å². The van der Waals surface area contributed by atoms with Gasteiger partial charge in [-0.1, -0.05) is 13.0 Å². The van der Waals surface area contributed by atoms with Gasteiger partial charge in [-0.3, -0.25) is 0 Å². The van der Waals surface area contributed by atoms with Crippen molar-refractivity contribution in [3.8, 4) is 0 Å². The molecule has 1 aromatic carbocycles. The number of nitrogens with zero attached hydrogens (tertiary/aromatic N) is 2. The van der Waals surface area contributed by atoms with Gasteiger partial charge in [-0.25, -0.2) is 0 Å². The Bertz CT molecular complexity index is 414. The summed E-state index contributed by atoms with van der Waals surface area (Å²) in [6, 6.07) is 6.36. The SMILES string of the molecule is CCSc1ccc2cnncc2c1. The highest BCUT2D eigenvalue weighted by atomic mass is 32.2. The monoisotopic (exact) mass is 190 g/mol. The highest BCUT2D eigenvalue weighted by molar-refractivity contribution is 7.99. The largest absolute Gasteiger partial charge is 0.158 e. The predicted molar refractivity (Wildman–Crippen MR) is 55.9 cm³/mol. The standard InChI is InChI=1S/C10H10N2S/c1-2-13-10-4-3-8-6-11-12-7-9(8)5-10/h3-7H,2H2,1H3. The van der Waals surface area contributed by atoms with Crippen LogP contribution in [-0.4, -0.2) is 16.0 Å². The summed E-state index contributed by atoms with van der Waals surface area (Å²) in [5.41, 5.74) is 0. The van der Waals surface area contributed by atoms with E-state index in [1.54, 1.807) is 12.4 Å². The number of thioether (sulfide) groups is 1. The van der Waals surface area contributed by atoms with Crippen LogP contribution in [0.2, 0.25) is 0 Å². The second-order valence-electron chi connectivity index (χ2n) is 2.71. The van der Waals surface area contributed by atoms with Crippen molar-refractivity contribution in [2.24, 2.45) is 0 Å². The molecule has 0 fully saturated rings. The van der Waals surface area contributed by atoms with Crippen molar-refractivity contribution in [3.05, 3.63) is 30.6 Å². The molecular weight excluding hydrogens is 180 g/mol. The lowest BCUT2D eigenvalue weighted by atomic mass is 10.2. The van der Waals surface area contributed by atoms with E-state index in [1.807, 2.05) is 11.8 Å². The molecule has 0 aliphatic heterocycles. The van der Waals surface area contributed by atoms with E-state index in [2.05, 4.69) is 35.3 Å². The molecule has 0 spiro atoms. The smallest absolute Gasteiger partial charge is 0.0575 e. The van der Waals surface area contributed by atoms with Crippen molar-refractivity contribution in [3.63, 3.8) is 0 Å². The van der Waals surface area contributed by atoms with Crippen LogP contribution < -0.4 is 0 Å². The molecule has 0 saturated heterocycles. The molecule has 0 radical (unpaired) electrons. The summed E-state index contributed by atoms with van der Waals surface area (Å²) >= 11 is 1.84. The molecule has 66 valence electrons. The van der Waals surface area contributed by atoms with E-state index >= 15 is 0 Å². The van der Waals surface area contributed by atoms with E-state index in [0.29, 0.717) is 0 Å². The summed E-state index contributed by atoms with van der Waals surface area (Å²) in [6.45, 7) is 2.15. The third-order valence-electron chi connectivity index (χ3n) is 1.83. The van der Waals surface area contributed by atoms with Gasteiger partial charge in [-0.05, 0) is 17.9 Å². The summed E-state index contributed by atoms with van der Waals surface area (Å²) in [7, 11) is 0. The molecule has 0 aliphatic rings. The van der Waals surface area contributed by atoms with Crippen LogP contribution in [0.3, 0.4) is 0 Å². The molecule has 1 aromatic heterocycles. The fourth-order valence-electron chi connectivity index (χ4n) is 1.23. The van der Waals surface area contributed by atoms with Crippen molar-refractivity contribution in [1.82, 2.24) is 10.2 Å². The van der Waals surface area contributed by atoms with E-state index in [4.69, 9.17) is 0 Å². The topological polar surface area (TPSA) is 25.8 Å². The summed E-state index contributed by atoms with van der Waals surface area (Å²) in [5, 5.41) is 10.00. The maximum atomic E-state index is 3.85. The fraction of sp³-hybridized carbons (Fsp3) is 0.200. The van der Waals surface area contributed by atoms with Gasteiger partial charge in [-0.15, -0.1) is 11.8 Å². The maximum Gasteiger partial charge on any atom is 0.0575 e. The second kappa shape index (κ2) is 3.75. The zero-order chi connectivity index (χ0) is 9.10. The lowest BCUT2D eigenvalue weighted by Gasteiger charge is -1.99. The minimum absolute atomic E-state index is 1.10. The highest BCUT2D eigenvalue weighted by Crippen LogP contribution is 2.21. The molecule has 1 heterocycles. The quantitative estimate of drug-likeness (QED) is 0.681. The number of aromatic nitrogens is 2. The van der Waals surface area contributed by atoms with Gasteiger partial charge in [0.2, 0.25) is 0 Å². The van der Waals surface area contributed by atoms with E-state index in [-0.39, 0.29) is 0 Å². The van der Waals surface area contributed by atoms with E-state index in [0.717, 1.165) is 16.5 Å². The Labute approximate surface area is 81.4 Å². The molecule has 0 amide bonds. The Hall–Kier alpha value is -1.09. The van der Waals surface area contributed by atoms with Crippen LogP contribution in [0.25, 0.3) is 10.8 Å². The second-order valence-corrected chi connectivity index (χ2v) is 4.05. The van der Waals surface area contributed by atoms with Gasteiger partial charge in [0.1, 0.15) is 0 Å². The van der Waals surface area contributed by atoms with Crippen LogP contribution in [-0.2, 0) is 0 Å². The molecule has 2 nitrogen and oxygen atoms in total. The van der Waals surface area contributed by atoms with Crippen molar-refractivity contribution in [1.29, 1.82) is 0 Å². The molecule has 2 rings (SSSR count). The molecular formula is C10H10N2S. The van der Waals surface area contributed by atoms with Crippen LogP contribution in [0.1, 0.15) is 6.92 Å². The highest BCUT2D eigenvalue weighted by Gasteiger charge is 1.95. The summed E-state index contributed by atoms with van der Waals surface area (Å²) in [4.78, 5) is 1.29. The summed E-state index contributed by atoms with van der Waals surface area (Å²) in [5.74, 6) is 1.10. The summed E-state index contributed by atoms with van der Waals surface area (Å²) in [6.07, 6.45) is 3.59. The van der Waals surface area contributed by atoms with Gasteiger partial charge in [0, 0.05) is 15.7 Å². The van der Waals surface area contributed by atoms with Gasteiger partial charge in [0.25, 0.3) is 0 Å². The van der Waals surface area contributed by atoms with Crippen LogP contribution in [0.4, 0.5) is 0 Å². The third-order valence-corrected chi connectivity index (χ3v) is 2.71. The van der Waals surface area contributed by atoms with Gasteiger partial charge >= 0.3 is 0 Å². The number of hydrogen-bond donors (Lipinski definition) is 0. The van der Waals surface area contributed by atoms with E-state index < -0.39 is 0 Å². The third kappa shape index (κ3) is 1.80. The first kappa shape index (κ1) is 8.51. The predicted octanol–water partition coefficient (Wildman–Crippen LogP) is 2.74. The first-order valence-electron chi connectivity index (χ1n) is 4.23.